The van der Waals surface area contributed by atoms with Gasteiger partial charge in [0.05, 0.1) is 19.3 Å². The average Bonchev–Trinajstić information content (AvgIpc) is 2.84. The largest absolute Gasteiger partial charge is 0.507 e. The van der Waals surface area contributed by atoms with Crippen molar-refractivity contribution in [1.82, 2.24) is 0 Å². The number of carboxylic acid groups (broad SMARTS) is 2. The molecule has 0 spiro atoms. The van der Waals surface area contributed by atoms with Crippen LogP contribution in [0.3, 0.4) is 0 Å². The lowest BCUT2D eigenvalue weighted by atomic mass is 10.0. The molecule has 2 unspecified atom stereocenters. The van der Waals surface area contributed by atoms with Crippen LogP contribution in [0, 0.1) is 20.2 Å². The Morgan fingerprint density at radius 2 is 1.10 bits per heavy atom. The molecule has 2 atom stereocenters. The SMILES string of the molecule is CC(C)(SSC(C)(C)C(N=Cc1cc([N+](=O)[O-])ccc1O)C(=O)O)C(N=Cc1cc([N+](=O)[O-])ccc1O)C(=O)O. The fourth-order valence-corrected chi connectivity index (χ4v) is 5.99. The smallest absolute Gasteiger partial charge is 0.329 e. The number of aliphatic carboxylic acids is 2. The maximum atomic E-state index is 12.1. The van der Waals surface area contributed by atoms with E-state index in [1.54, 1.807) is 27.7 Å². The zero-order valence-corrected chi connectivity index (χ0v) is 23.3. The number of nitro groups is 2. The number of aliphatic imine (C=N–C) groups is 2. The van der Waals surface area contributed by atoms with Crippen LogP contribution in [-0.2, 0) is 9.59 Å². The molecular formula is C24H26N4O10S2. The highest BCUT2D eigenvalue weighted by Gasteiger charge is 2.41. The van der Waals surface area contributed by atoms with E-state index in [9.17, 15) is 50.2 Å². The predicted molar refractivity (Wildman–Crippen MR) is 151 cm³/mol. The van der Waals surface area contributed by atoms with Crippen molar-refractivity contribution in [3.8, 4) is 11.5 Å². The molecule has 0 heterocycles. The first kappa shape index (κ1) is 32.0. The molecule has 0 aromatic heterocycles. The second-order valence-electron chi connectivity index (χ2n) is 9.41. The van der Waals surface area contributed by atoms with E-state index in [-0.39, 0.29) is 34.0 Å². The number of phenols is 2. The molecule has 0 radical (unpaired) electrons. The van der Waals surface area contributed by atoms with Crippen LogP contribution in [-0.4, -0.2) is 76.2 Å². The van der Waals surface area contributed by atoms with Gasteiger partial charge in [-0.1, -0.05) is 21.6 Å². The summed E-state index contributed by atoms with van der Waals surface area (Å²) in [6, 6.07) is 3.62. The number of carboxylic acids is 2. The lowest BCUT2D eigenvalue weighted by Gasteiger charge is -2.33. The third-order valence-electron chi connectivity index (χ3n) is 5.43. The maximum absolute atomic E-state index is 12.1. The summed E-state index contributed by atoms with van der Waals surface area (Å²) in [6.07, 6.45) is 2.05. The van der Waals surface area contributed by atoms with Gasteiger partial charge in [-0.15, -0.1) is 0 Å². The number of nitro benzene ring substituents is 2. The van der Waals surface area contributed by atoms with E-state index >= 15 is 0 Å². The van der Waals surface area contributed by atoms with E-state index in [2.05, 4.69) is 9.98 Å². The molecule has 16 heteroatoms. The lowest BCUT2D eigenvalue weighted by molar-refractivity contribution is -0.385. The second kappa shape index (κ2) is 12.8. The summed E-state index contributed by atoms with van der Waals surface area (Å²) in [6.45, 7) is 6.24. The van der Waals surface area contributed by atoms with Crippen molar-refractivity contribution in [3.05, 3.63) is 67.8 Å². The maximum Gasteiger partial charge on any atom is 0.329 e. The van der Waals surface area contributed by atoms with E-state index in [1.807, 2.05) is 0 Å². The zero-order chi connectivity index (χ0) is 30.4. The van der Waals surface area contributed by atoms with Gasteiger partial charge in [-0.25, -0.2) is 9.59 Å². The summed E-state index contributed by atoms with van der Waals surface area (Å²) in [5, 5.41) is 61.7. The molecule has 4 N–H and O–H groups in total. The van der Waals surface area contributed by atoms with Gasteiger partial charge in [0, 0.05) is 47.8 Å². The molecule has 2 aromatic rings. The molecular weight excluding hydrogens is 568 g/mol. The summed E-state index contributed by atoms with van der Waals surface area (Å²) >= 11 is 0. The van der Waals surface area contributed by atoms with Gasteiger partial charge in [0.15, 0.2) is 12.1 Å². The van der Waals surface area contributed by atoms with Crippen molar-refractivity contribution in [1.29, 1.82) is 0 Å². The Morgan fingerprint density at radius 1 is 0.775 bits per heavy atom. The first-order chi connectivity index (χ1) is 18.5. The molecule has 0 bridgehead atoms. The minimum absolute atomic E-state index is 0.0566. The number of carbonyl (C=O) groups is 2. The molecule has 2 aromatic carbocycles. The Labute approximate surface area is 235 Å². The van der Waals surface area contributed by atoms with Crippen LogP contribution in [0.2, 0.25) is 0 Å². The lowest BCUT2D eigenvalue weighted by Crippen LogP contribution is -2.41. The normalized spacial score (nSPS) is 13.8. The third kappa shape index (κ3) is 8.16. The summed E-state index contributed by atoms with van der Waals surface area (Å²) in [5.74, 6) is -3.33. The van der Waals surface area contributed by atoms with Gasteiger partial charge in [0.2, 0.25) is 0 Å². The molecule has 0 aliphatic carbocycles. The topological polar surface area (TPSA) is 226 Å². The van der Waals surface area contributed by atoms with E-state index in [4.69, 9.17) is 0 Å². The highest BCUT2D eigenvalue weighted by Crippen LogP contribution is 2.48. The molecule has 0 aliphatic rings. The van der Waals surface area contributed by atoms with Gasteiger partial charge in [-0.3, -0.25) is 30.2 Å². The molecule has 0 amide bonds. The molecule has 0 saturated heterocycles. The van der Waals surface area contributed by atoms with Gasteiger partial charge in [-0.2, -0.15) is 0 Å². The molecule has 0 aliphatic heterocycles. The Balaban J connectivity index is 2.28. The average molecular weight is 595 g/mol. The first-order valence-electron chi connectivity index (χ1n) is 11.3. The van der Waals surface area contributed by atoms with Crippen molar-refractivity contribution in [2.75, 3.05) is 0 Å². The Kier molecular flexibility index (Phi) is 10.2. The van der Waals surface area contributed by atoms with Crippen LogP contribution in [0.25, 0.3) is 0 Å². The number of benzene rings is 2. The van der Waals surface area contributed by atoms with Crippen molar-refractivity contribution in [2.24, 2.45) is 9.98 Å². The standard InChI is InChI=1S/C24H26N4O10S2/c1-23(2,19(21(31)32)25-11-13-9-15(27(35)36)5-7-17(13)29)39-40-24(3,4)20(22(33)34)26-12-14-10-16(28(37)38)6-8-18(14)30/h5-12,19-20,29-30H,1-4H3,(H,31,32)(H,33,34). The van der Waals surface area contributed by atoms with Crippen LogP contribution >= 0.6 is 21.6 Å². The van der Waals surface area contributed by atoms with E-state index < -0.39 is 43.4 Å². The second-order valence-corrected chi connectivity index (χ2v) is 12.8. The summed E-state index contributed by atoms with van der Waals surface area (Å²) in [7, 11) is 2.04. The minimum atomic E-state index is -1.41. The monoisotopic (exact) mass is 594 g/mol. The van der Waals surface area contributed by atoms with E-state index in [1.165, 1.54) is 0 Å². The summed E-state index contributed by atoms with van der Waals surface area (Å²) < 4.78 is -2.32. The molecule has 2 rings (SSSR count). The molecule has 214 valence electrons. The highest BCUT2D eigenvalue weighted by molar-refractivity contribution is 8.77. The molecule has 14 nitrogen and oxygen atoms in total. The predicted octanol–water partition coefficient (Wildman–Crippen LogP) is 4.30. The van der Waals surface area contributed by atoms with Crippen molar-refractivity contribution >= 4 is 57.3 Å². The van der Waals surface area contributed by atoms with Crippen LogP contribution in [0.1, 0.15) is 38.8 Å². The zero-order valence-electron chi connectivity index (χ0n) is 21.6. The highest BCUT2D eigenvalue weighted by atomic mass is 33.1. The molecule has 0 fully saturated rings. The summed E-state index contributed by atoms with van der Waals surface area (Å²) in [5.41, 5.74) is -0.760. The van der Waals surface area contributed by atoms with E-state index in [0.717, 1.165) is 70.4 Å². The fourth-order valence-electron chi connectivity index (χ4n) is 3.21. The van der Waals surface area contributed by atoms with Crippen molar-refractivity contribution in [3.63, 3.8) is 0 Å². The number of phenolic OH excluding ortho intramolecular Hbond substituents is 2. The van der Waals surface area contributed by atoms with Gasteiger partial charge >= 0.3 is 11.9 Å². The molecule has 0 saturated carbocycles. The molecule has 40 heavy (non-hydrogen) atoms. The van der Waals surface area contributed by atoms with Gasteiger partial charge < -0.3 is 20.4 Å². The first-order valence-corrected chi connectivity index (χ1v) is 13.4. The van der Waals surface area contributed by atoms with Crippen LogP contribution in [0.15, 0.2) is 46.4 Å². The van der Waals surface area contributed by atoms with E-state index in [0.29, 0.717) is 0 Å². The summed E-state index contributed by atoms with van der Waals surface area (Å²) in [4.78, 5) is 52.9. The quantitative estimate of drug-likeness (QED) is 0.110. The Bertz CT molecular complexity index is 1270. The van der Waals surface area contributed by atoms with Crippen LogP contribution in [0.4, 0.5) is 11.4 Å². The Hall–Kier alpha value is -4.18. The van der Waals surface area contributed by atoms with Gasteiger partial charge in [0.25, 0.3) is 11.4 Å². The number of non-ortho nitro benzene ring substituents is 2. The fraction of sp³-hybridized carbons (Fsp3) is 0.333. The third-order valence-corrected chi connectivity index (χ3v) is 9.64. The number of hydrogen-bond acceptors (Lipinski definition) is 12. The van der Waals surface area contributed by atoms with Crippen LogP contribution in [0.5, 0.6) is 11.5 Å². The van der Waals surface area contributed by atoms with Gasteiger partial charge in [0.1, 0.15) is 11.5 Å². The number of nitrogens with zero attached hydrogens (tertiary/aromatic N) is 4. The number of hydrogen-bond donors (Lipinski definition) is 4. The van der Waals surface area contributed by atoms with Crippen molar-refractivity contribution in [2.45, 2.75) is 49.3 Å². The minimum Gasteiger partial charge on any atom is -0.507 e. The number of rotatable bonds is 13. The van der Waals surface area contributed by atoms with Crippen molar-refractivity contribution < 1.29 is 39.9 Å². The Morgan fingerprint density at radius 3 is 1.38 bits per heavy atom. The van der Waals surface area contributed by atoms with Gasteiger partial charge in [-0.05, 0) is 39.8 Å². The number of aromatic hydroxyl groups is 2. The van der Waals surface area contributed by atoms with Crippen LogP contribution < -0.4 is 0 Å².